The van der Waals surface area contributed by atoms with E-state index in [1.54, 1.807) is 17.0 Å². The number of benzene rings is 2. The average molecular weight is 656 g/mol. The lowest BCUT2D eigenvalue weighted by molar-refractivity contribution is -0.138. The number of piperidine rings is 1. The molecule has 0 aromatic heterocycles. The Morgan fingerprint density at radius 2 is 1.40 bits per heavy atom. The van der Waals surface area contributed by atoms with Crippen molar-refractivity contribution < 1.29 is 23.5 Å². The van der Waals surface area contributed by atoms with Crippen LogP contribution in [0.25, 0.3) is 0 Å². The summed E-state index contributed by atoms with van der Waals surface area (Å²) in [7, 11) is 32.3. The van der Waals surface area contributed by atoms with Gasteiger partial charge in [-0.15, -0.1) is 0 Å². The second-order valence-corrected chi connectivity index (χ2v) is 18.9. The summed E-state index contributed by atoms with van der Waals surface area (Å²) in [5.74, 6) is -1.44. The quantitative estimate of drug-likeness (QED) is 0.238. The number of nitrogens with one attached hydrogen (secondary N) is 2. The number of fused-ring (bicyclic) bond motifs is 1. The fourth-order valence-electron chi connectivity index (χ4n) is 8.56. The molecular weight excluding hydrogens is 612 g/mol. The number of nitrogens with zero attached hydrogens (tertiary/aromatic N) is 2. The third kappa shape index (κ3) is 5.52. The number of imide groups is 1. The molecule has 2 saturated heterocycles. The highest BCUT2D eigenvalue weighted by Crippen LogP contribution is 2.53. The number of ether oxygens (including phenoxy) is 1. The van der Waals surface area contributed by atoms with Crippen LogP contribution in [-0.4, -0.2) is 181 Å². The molecule has 3 aliphatic rings. The molecule has 0 radical (unpaired) electrons. The van der Waals surface area contributed by atoms with Crippen LogP contribution in [0.1, 0.15) is 27.0 Å². The predicted octanol–water partition coefficient (Wildman–Crippen LogP) is -14.6. The third-order valence-corrected chi connectivity index (χ3v) is 13.6. The number of rotatable bonds is 6. The van der Waals surface area contributed by atoms with E-state index in [9.17, 15) is 14.4 Å². The summed E-state index contributed by atoms with van der Waals surface area (Å²) in [5, 5.41) is 0.959. The molecular formula is C25H43B16FN4O4. The first-order valence-electron chi connectivity index (χ1n) is 17.8. The zero-order valence-electron chi connectivity index (χ0n) is 33.2. The summed E-state index contributed by atoms with van der Waals surface area (Å²) in [6, 6.07) is 10.1. The van der Waals surface area contributed by atoms with Gasteiger partial charge in [0, 0.05) is 39.3 Å². The highest BCUT2D eigenvalue weighted by Gasteiger charge is 2.61. The molecule has 2 fully saturated rings. The molecule has 8 nitrogen and oxygen atoms in total. The summed E-state index contributed by atoms with van der Waals surface area (Å²) in [4.78, 5) is 44.7. The van der Waals surface area contributed by atoms with E-state index in [0.29, 0.717) is 23.4 Å². The second kappa shape index (κ2) is 11.6. The smallest absolute Gasteiger partial charge is 0.254 e. The summed E-state index contributed by atoms with van der Waals surface area (Å²) in [5.41, 5.74) is 3.26. The number of halogens is 1. The van der Waals surface area contributed by atoms with Gasteiger partial charge in [-0.2, -0.15) is 0 Å². The van der Waals surface area contributed by atoms with Crippen LogP contribution in [0.5, 0.6) is 0 Å². The van der Waals surface area contributed by atoms with Crippen LogP contribution in [0.3, 0.4) is 0 Å². The van der Waals surface area contributed by atoms with Crippen molar-refractivity contribution >= 4 is 149 Å². The Bertz CT molecular complexity index is 1780. The molecule has 2 aromatic rings. The van der Waals surface area contributed by atoms with Gasteiger partial charge in [0.2, 0.25) is 11.8 Å². The summed E-state index contributed by atoms with van der Waals surface area (Å²) in [6.07, 6.45) is 0. The zero-order chi connectivity index (χ0) is 38.0. The molecule has 0 bridgehead atoms. The number of morpholine rings is 1. The lowest BCUT2D eigenvalue weighted by Gasteiger charge is -2.68. The van der Waals surface area contributed by atoms with Gasteiger partial charge in [-0.05, 0) is 50.8 Å². The van der Waals surface area contributed by atoms with Crippen molar-refractivity contribution in [2.45, 2.75) is 55.2 Å². The van der Waals surface area contributed by atoms with Crippen molar-refractivity contribution in [1.82, 2.24) is 15.1 Å². The van der Waals surface area contributed by atoms with Crippen molar-refractivity contribution in [3.63, 3.8) is 0 Å². The molecule has 2 aromatic carbocycles. The third-order valence-electron chi connectivity index (χ3n) is 13.6. The van der Waals surface area contributed by atoms with E-state index in [1.165, 1.54) is 0 Å². The molecule has 3 amide bonds. The van der Waals surface area contributed by atoms with Crippen LogP contribution < -0.4 is 10.6 Å². The molecule has 0 aliphatic carbocycles. The standard InChI is InChI=1S/C25H43B16FN4O4/c26-18(27)14(15(47)43-17(49)19(18,28)29)46-16(48)9-2-1-3-12(13(9)21(46,32)33)44-20(30,31)10-5-4-8(6-11(10)42)7-45-22(34,35)24(38,39)50-25(40,41)23(45,36)37/h1-6,14,44H,7,26-41H2,(H,43,47,49). The van der Waals surface area contributed by atoms with Crippen LogP contribution in [-0.2, 0) is 31.5 Å². The number of carbonyl (C=O) groups excluding carboxylic acids is 3. The Morgan fingerprint density at radius 3 is 1.94 bits per heavy atom. The SMILES string of the molecule is BC(B)(Nc1cccc2c1C(B)(B)N(C1C(=O)NC(=O)C(B)(B)C1(B)B)C2=O)c1ccc(CN2C(B)(B)C(B)(B)OC(B)(B)C2(B)B)cc1F. The van der Waals surface area contributed by atoms with E-state index in [0.717, 1.165) is 11.1 Å². The fourth-order valence-corrected chi connectivity index (χ4v) is 8.56. The Morgan fingerprint density at radius 1 is 0.840 bits per heavy atom. The first kappa shape index (κ1) is 39.0. The van der Waals surface area contributed by atoms with Crippen LogP contribution in [0.15, 0.2) is 36.4 Å². The first-order chi connectivity index (χ1) is 22.5. The molecule has 5 rings (SSSR count). The van der Waals surface area contributed by atoms with Crippen LogP contribution in [0.2, 0.25) is 10.4 Å². The lowest BCUT2D eigenvalue weighted by atomic mass is 9.26. The van der Waals surface area contributed by atoms with E-state index in [4.69, 9.17) is 4.74 Å². The number of anilines is 1. The van der Waals surface area contributed by atoms with Crippen LogP contribution in [0.4, 0.5) is 10.1 Å². The summed E-state index contributed by atoms with van der Waals surface area (Å²) < 4.78 is 22.9. The Hall–Kier alpha value is -2.26. The van der Waals surface area contributed by atoms with Gasteiger partial charge in [-0.25, -0.2) is 4.39 Å². The van der Waals surface area contributed by atoms with Crippen molar-refractivity contribution in [3.05, 3.63) is 64.5 Å². The number of amides is 3. The topological polar surface area (TPSA) is 91.0 Å². The largest absolute Gasteiger partial charge is 0.403 e. The molecule has 0 saturated carbocycles. The Labute approximate surface area is 311 Å². The molecule has 1 atom stereocenters. The number of carbonyl (C=O) groups is 3. The maximum absolute atomic E-state index is 16.3. The Balaban J connectivity index is 1.48. The van der Waals surface area contributed by atoms with Crippen molar-refractivity contribution in [2.24, 2.45) is 0 Å². The number of hydrogen-bond donors (Lipinski definition) is 2. The Kier molecular flexibility index (Phi) is 9.05. The van der Waals surface area contributed by atoms with E-state index in [2.05, 4.69) is 78.3 Å². The molecule has 1 unspecified atom stereocenters. The second-order valence-electron chi connectivity index (χ2n) is 18.9. The van der Waals surface area contributed by atoms with E-state index >= 15 is 4.39 Å². The van der Waals surface area contributed by atoms with Crippen LogP contribution >= 0.6 is 0 Å². The maximum Gasteiger partial charge on any atom is 0.254 e. The minimum absolute atomic E-state index is 0.277. The minimum atomic E-state index is -0.927. The molecule has 25 heteroatoms. The van der Waals surface area contributed by atoms with Crippen LogP contribution in [0, 0.1) is 5.82 Å². The van der Waals surface area contributed by atoms with Crippen molar-refractivity contribution in [1.29, 1.82) is 0 Å². The monoisotopic (exact) mass is 658 g/mol. The summed E-state index contributed by atoms with van der Waals surface area (Å²) >= 11 is 0. The van der Waals surface area contributed by atoms with Gasteiger partial charge in [0.15, 0.2) is 0 Å². The van der Waals surface area contributed by atoms with Gasteiger partial charge in [0.1, 0.15) is 137 Å². The zero-order valence-corrected chi connectivity index (χ0v) is 33.2. The van der Waals surface area contributed by atoms with Gasteiger partial charge in [-0.1, -0.05) is 23.4 Å². The summed E-state index contributed by atoms with van der Waals surface area (Å²) in [6.45, 7) is 0.549. The van der Waals surface area contributed by atoms with Crippen molar-refractivity contribution in [3.8, 4) is 0 Å². The predicted molar refractivity (Wildman–Crippen MR) is 243 cm³/mol. The van der Waals surface area contributed by atoms with Crippen molar-refractivity contribution in [2.75, 3.05) is 5.32 Å². The van der Waals surface area contributed by atoms with E-state index in [1.807, 2.05) is 87.0 Å². The first-order valence-corrected chi connectivity index (χ1v) is 17.8. The maximum atomic E-state index is 16.3. The molecule has 0 spiro atoms. The molecule has 242 valence electrons. The normalized spacial score (nSPS) is 25.7. The molecule has 50 heavy (non-hydrogen) atoms. The highest BCUT2D eigenvalue weighted by molar-refractivity contribution is 6.64. The van der Waals surface area contributed by atoms with E-state index in [-0.39, 0.29) is 28.3 Å². The van der Waals surface area contributed by atoms with Gasteiger partial charge in [0.25, 0.3) is 5.91 Å². The number of hydrogen-bond acceptors (Lipinski definition) is 6. The van der Waals surface area contributed by atoms with Gasteiger partial charge in [-0.3, -0.25) is 19.7 Å². The van der Waals surface area contributed by atoms with Gasteiger partial charge >= 0.3 is 0 Å². The lowest BCUT2D eigenvalue weighted by Crippen LogP contribution is -2.85. The van der Waals surface area contributed by atoms with E-state index < -0.39 is 43.9 Å². The highest BCUT2D eigenvalue weighted by atomic mass is 19.1. The molecule has 2 N–H and O–H groups in total. The molecule has 3 aliphatic heterocycles. The van der Waals surface area contributed by atoms with Gasteiger partial charge < -0.3 is 19.9 Å². The molecule has 3 heterocycles. The van der Waals surface area contributed by atoms with Gasteiger partial charge in [0.05, 0.1) is 0 Å². The fraction of sp³-hybridized carbons (Fsp3) is 0.400. The average Bonchev–Trinajstić information content (AvgIpc) is 3.14. The minimum Gasteiger partial charge on any atom is -0.403 e.